The van der Waals surface area contributed by atoms with Crippen LogP contribution in [0.4, 0.5) is 27.5 Å². The average Bonchev–Trinajstić information content (AvgIpc) is 2.80. The fourth-order valence-electron chi connectivity index (χ4n) is 3.16. The Morgan fingerprint density at radius 2 is 1.48 bits per heavy atom. The first kappa shape index (κ1) is 23.3. The number of amides is 3. The Labute approximate surface area is 191 Å². The topological polar surface area (TPSA) is 125 Å². The van der Waals surface area contributed by atoms with E-state index in [1.54, 1.807) is 42.5 Å². The first-order valence-electron chi connectivity index (χ1n) is 10.4. The summed E-state index contributed by atoms with van der Waals surface area (Å²) in [6, 6.07) is 22.0. The molecule has 9 nitrogen and oxygen atoms in total. The molecule has 0 radical (unpaired) electrons. The number of carbonyl (C=O) groups is 2. The molecule has 3 aromatic rings. The van der Waals surface area contributed by atoms with Crippen LogP contribution in [-0.2, 0) is 4.79 Å². The molecule has 3 rings (SSSR count). The molecular weight excluding hydrogens is 422 g/mol. The predicted molar refractivity (Wildman–Crippen MR) is 128 cm³/mol. The van der Waals surface area contributed by atoms with Gasteiger partial charge >= 0.3 is 6.03 Å². The van der Waals surface area contributed by atoms with Gasteiger partial charge in [-0.3, -0.25) is 14.9 Å². The summed E-state index contributed by atoms with van der Waals surface area (Å²) in [5.74, 6) is -0.182. The second-order valence-electron chi connectivity index (χ2n) is 7.31. The van der Waals surface area contributed by atoms with Crippen molar-refractivity contribution in [2.24, 2.45) is 0 Å². The zero-order valence-electron chi connectivity index (χ0n) is 18.1. The highest BCUT2D eigenvalue weighted by Crippen LogP contribution is 2.23. The van der Waals surface area contributed by atoms with E-state index in [0.29, 0.717) is 17.1 Å². The molecule has 0 fully saturated rings. The van der Waals surface area contributed by atoms with Gasteiger partial charge in [-0.1, -0.05) is 42.5 Å². The van der Waals surface area contributed by atoms with Crippen molar-refractivity contribution < 1.29 is 14.5 Å². The lowest BCUT2D eigenvalue weighted by Crippen LogP contribution is -2.28. The van der Waals surface area contributed by atoms with Crippen LogP contribution >= 0.6 is 0 Å². The van der Waals surface area contributed by atoms with Gasteiger partial charge in [0.1, 0.15) is 5.69 Å². The van der Waals surface area contributed by atoms with Gasteiger partial charge in [-0.05, 0) is 42.8 Å². The van der Waals surface area contributed by atoms with E-state index >= 15 is 0 Å². The van der Waals surface area contributed by atoms with Crippen molar-refractivity contribution >= 4 is 34.7 Å². The van der Waals surface area contributed by atoms with Crippen molar-refractivity contribution in [2.75, 3.05) is 22.5 Å². The molecule has 0 heterocycles. The molecular formula is C24H25N5O4. The van der Waals surface area contributed by atoms with Gasteiger partial charge in [0.05, 0.1) is 11.0 Å². The van der Waals surface area contributed by atoms with E-state index < -0.39 is 4.92 Å². The molecule has 1 atom stereocenters. The maximum Gasteiger partial charge on any atom is 0.323 e. The maximum absolute atomic E-state index is 12.3. The van der Waals surface area contributed by atoms with E-state index in [2.05, 4.69) is 21.3 Å². The van der Waals surface area contributed by atoms with Gasteiger partial charge in [0.25, 0.3) is 5.69 Å². The fraction of sp³-hybridized carbons (Fsp3) is 0.167. The lowest BCUT2D eigenvalue weighted by atomic mass is 10.1. The maximum atomic E-state index is 12.3. The molecule has 170 valence electrons. The molecule has 0 saturated heterocycles. The Hall–Kier alpha value is -4.40. The zero-order chi connectivity index (χ0) is 23.6. The van der Waals surface area contributed by atoms with Crippen LogP contribution in [0.25, 0.3) is 0 Å². The molecule has 9 heteroatoms. The van der Waals surface area contributed by atoms with Crippen molar-refractivity contribution in [3.05, 3.63) is 94.5 Å². The van der Waals surface area contributed by atoms with Crippen LogP contribution < -0.4 is 21.3 Å². The van der Waals surface area contributed by atoms with Crippen LogP contribution in [0.15, 0.2) is 78.9 Å². The van der Waals surface area contributed by atoms with Gasteiger partial charge in [0, 0.05) is 30.4 Å². The molecule has 3 aromatic carbocycles. The van der Waals surface area contributed by atoms with Crippen LogP contribution in [0.2, 0.25) is 0 Å². The number of para-hydroxylation sites is 3. The quantitative estimate of drug-likeness (QED) is 0.274. The van der Waals surface area contributed by atoms with E-state index in [4.69, 9.17) is 0 Å². The molecule has 0 aliphatic heterocycles. The van der Waals surface area contributed by atoms with Crippen LogP contribution in [0.5, 0.6) is 0 Å². The summed E-state index contributed by atoms with van der Waals surface area (Å²) in [7, 11) is 0. The molecule has 3 amide bonds. The van der Waals surface area contributed by atoms with Crippen LogP contribution in [0.3, 0.4) is 0 Å². The lowest BCUT2D eigenvalue weighted by Gasteiger charge is -2.15. The third kappa shape index (κ3) is 7.06. The third-order valence-electron chi connectivity index (χ3n) is 4.85. The fourth-order valence-corrected chi connectivity index (χ4v) is 3.16. The summed E-state index contributed by atoms with van der Waals surface area (Å²) in [6.45, 7) is 2.13. The number of rotatable bonds is 9. The first-order chi connectivity index (χ1) is 15.9. The number of nitrogens with zero attached hydrogens (tertiary/aromatic N) is 1. The van der Waals surface area contributed by atoms with Gasteiger partial charge < -0.3 is 21.3 Å². The van der Waals surface area contributed by atoms with E-state index in [1.165, 1.54) is 6.07 Å². The Morgan fingerprint density at radius 3 is 2.15 bits per heavy atom. The summed E-state index contributed by atoms with van der Waals surface area (Å²) in [4.78, 5) is 34.9. The average molecular weight is 447 g/mol. The lowest BCUT2D eigenvalue weighted by molar-refractivity contribution is -0.384. The van der Waals surface area contributed by atoms with Crippen molar-refractivity contribution in [2.45, 2.75) is 19.4 Å². The van der Waals surface area contributed by atoms with E-state index in [9.17, 15) is 19.7 Å². The summed E-state index contributed by atoms with van der Waals surface area (Å²) >= 11 is 0. The predicted octanol–water partition coefficient (Wildman–Crippen LogP) is 4.92. The smallest absolute Gasteiger partial charge is 0.323 e. The van der Waals surface area contributed by atoms with Gasteiger partial charge in [-0.25, -0.2) is 4.79 Å². The molecule has 33 heavy (non-hydrogen) atoms. The minimum absolute atomic E-state index is 0.0302. The number of hydrogen-bond acceptors (Lipinski definition) is 5. The van der Waals surface area contributed by atoms with Gasteiger partial charge in [-0.2, -0.15) is 0 Å². The molecule has 0 aromatic heterocycles. The summed E-state index contributed by atoms with van der Waals surface area (Å²) < 4.78 is 0. The number of hydrogen-bond donors (Lipinski definition) is 4. The van der Waals surface area contributed by atoms with Gasteiger partial charge in [-0.15, -0.1) is 0 Å². The first-order valence-corrected chi connectivity index (χ1v) is 10.4. The van der Waals surface area contributed by atoms with E-state index in [0.717, 1.165) is 5.56 Å². The number of nitro benzene ring substituents is 1. The van der Waals surface area contributed by atoms with Gasteiger partial charge in [0.15, 0.2) is 0 Å². The molecule has 0 aliphatic rings. The molecule has 0 bridgehead atoms. The van der Waals surface area contributed by atoms with E-state index in [-0.39, 0.29) is 36.6 Å². The molecule has 0 spiro atoms. The van der Waals surface area contributed by atoms with Crippen molar-refractivity contribution in [3.8, 4) is 0 Å². The number of nitro groups is 1. The number of nitrogens with one attached hydrogen (secondary N) is 4. The molecule has 1 unspecified atom stereocenters. The van der Waals surface area contributed by atoms with Gasteiger partial charge in [0.2, 0.25) is 5.91 Å². The number of anilines is 3. The Morgan fingerprint density at radius 1 is 0.879 bits per heavy atom. The summed E-state index contributed by atoms with van der Waals surface area (Å²) in [6.07, 6.45) is 0.162. The largest absolute Gasteiger partial charge is 0.379 e. The van der Waals surface area contributed by atoms with Crippen molar-refractivity contribution in [3.63, 3.8) is 0 Å². The van der Waals surface area contributed by atoms with Crippen LogP contribution in [0.1, 0.15) is 24.9 Å². The normalized spacial score (nSPS) is 11.2. The Kier molecular flexibility index (Phi) is 7.96. The highest BCUT2D eigenvalue weighted by atomic mass is 16.6. The third-order valence-corrected chi connectivity index (χ3v) is 4.85. The minimum Gasteiger partial charge on any atom is -0.379 e. The zero-order valence-corrected chi connectivity index (χ0v) is 18.1. The summed E-state index contributed by atoms with van der Waals surface area (Å²) in [5, 5.41) is 22.4. The number of benzene rings is 3. The SMILES string of the molecule is CC(NC(=O)CCNc1ccccc1[N+](=O)[O-])c1ccc(NC(=O)Nc2ccccc2)cc1. The number of urea groups is 1. The molecule has 0 saturated carbocycles. The van der Waals surface area contributed by atoms with E-state index in [1.807, 2.05) is 37.3 Å². The van der Waals surface area contributed by atoms with Crippen LogP contribution in [-0.4, -0.2) is 23.4 Å². The standard InChI is InChI=1S/C24H25N5O4/c1-17(26-23(30)15-16-25-21-9-5-6-10-22(21)29(32)33)18-11-13-20(14-12-18)28-24(31)27-19-7-3-2-4-8-19/h2-14,17,25H,15-16H2,1H3,(H,26,30)(H2,27,28,31). The van der Waals surface area contributed by atoms with Crippen molar-refractivity contribution in [1.29, 1.82) is 0 Å². The second kappa shape index (κ2) is 11.3. The molecule has 4 N–H and O–H groups in total. The molecule has 0 aliphatic carbocycles. The van der Waals surface area contributed by atoms with Crippen molar-refractivity contribution in [1.82, 2.24) is 5.32 Å². The second-order valence-corrected chi connectivity index (χ2v) is 7.31. The highest BCUT2D eigenvalue weighted by molar-refractivity contribution is 5.99. The van der Waals surface area contributed by atoms with Crippen LogP contribution in [0, 0.1) is 10.1 Å². The highest BCUT2D eigenvalue weighted by Gasteiger charge is 2.13. The minimum atomic E-state index is -0.464. The number of carbonyl (C=O) groups excluding carboxylic acids is 2. The Balaban J connectivity index is 1.45. The Bertz CT molecular complexity index is 1100. The summed E-state index contributed by atoms with van der Waals surface area (Å²) in [5.41, 5.74) is 2.54. The monoisotopic (exact) mass is 447 g/mol.